The number of ether oxygens (including phenoxy) is 1. The van der Waals surface area contributed by atoms with Gasteiger partial charge < -0.3 is 20.7 Å². The Bertz CT molecular complexity index is 862. The second kappa shape index (κ2) is 9.55. The van der Waals surface area contributed by atoms with E-state index in [9.17, 15) is 14.4 Å². The Morgan fingerprint density at radius 1 is 1.04 bits per heavy atom. The molecule has 0 aromatic heterocycles. The van der Waals surface area contributed by atoms with E-state index in [1.807, 2.05) is 32.9 Å². The number of urea groups is 1. The number of hydrogen-bond acceptors (Lipinski definition) is 4. The number of amides is 3. The van der Waals surface area contributed by atoms with Gasteiger partial charge in [-0.3, -0.25) is 9.59 Å². The number of methoxy groups -OCH3 is 1. The summed E-state index contributed by atoms with van der Waals surface area (Å²) in [7, 11) is 1.25. The summed E-state index contributed by atoms with van der Waals surface area (Å²) in [5, 5.41) is 8.11. The molecule has 7 nitrogen and oxygen atoms in total. The molecule has 0 bridgehead atoms. The Labute approximate surface area is 164 Å². The molecular formula is C21H25N3O4. The first kappa shape index (κ1) is 21.0. The molecular weight excluding hydrogens is 358 g/mol. The standard InChI is InChI=1S/C21H25N3O4/c1-13-5-6-14(2)18(11-13)15(3)23-21(27)24-17-9-7-16(8-10-17)20(26)22-12-19(25)28-4/h5-11,15H,12H2,1-4H3,(H,22,26)(H2,23,24,27). The number of carbonyl (C=O) groups excluding carboxylic acids is 3. The Hall–Kier alpha value is -3.35. The van der Waals surface area contributed by atoms with Crippen molar-refractivity contribution < 1.29 is 19.1 Å². The van der Waals surface area contributed by atoms with Crippen LogP contribution in [-0.2, 0) is 9.53 Å². The number of esters is 1. The van der Waals surface area contributed by atoms with Gasteiger partial charge in [-0.1, -0.05) is 23.8 Å². The predicted octanol–water partition coefficient (Wildman–Crippen LogP) is 3.09. The summed E-state index contributed by atoms with van der Waals surface area (Å²) in [6.07, 6.45) is 0. The van der Waals surface area contributed by atoms with E-state index in [1.165, 1.54) is 7.11 Å². The molecule has 0 heterocycles. The van der Waals surface area contributed by atoms with E-state index >= 15 is 0 Å². The highest BCUT2D eigenvalue weighted by atomic mass is 16.5. The minimum atomic E-state index is -0.527. The molecule has 7 heteroatoms. The molecule has 0 fully saturated rings. The summed E-state index contributed by atoms with van der Waals surface area (Å²) < 4.78 is 4.47. The lowest BCUT2D eigenvalue weighted by atomic mass is 10.0. The molecule has 0 spiro atoms. The Morgan fingerprint density at radius 3 is 2.36 bits per heavy atom. The second-order valence-electron chi connectivity index (χ2n) is 6.52. The number of aryl methyl sites for hydroxylation is 2. The summed E-state index contributed by atoms with van der Waals surface area (Å²) in [5.74, 6) is -0.925. The fourth-order valence-corrected chi connectivity index (χ4v) is 2.70. The van der Waals surface area contributed by atoms with E-state index in [-0.39, 0.29) is 18.6 Å². The Kier molecular flexibility index (Phi) is 7.14. The van der Waals surface area contributed by atoms with E-state index in [0.717, 1.165) is 16.7 Å². The van der Waals surface area contributed by atoms with E-state index in [2.05, 4.69) is 26.8 Å². The van der Waals surface area contributed by atoms with Crippen molar-refractivity contribution in [2.24, 2.45) is 0 Å². The van der Waals surface area contributed by atoms with Gasteiger partial charge in [-0.15, -0.1) is 0 Å². The van der Waals surface area contributed by atoms with Crippen LogP contribution in [-0.4, -0.2) is 31.6 Å². The first-order valence-electron chi connectivity index (χ1n) is 8.90. The minimum absolute atomic E-state index is 0.150. The van der Waals surface area contributed by atoms with Gasteiger partial charge in [-0.2, -0.15) is 0 Å². The van der Waals surface area contributed by atoms with Crippen LogP contribution in [0.1, 0.15) is 40.0 Å². The molecule has 2 aromatic carbocycles. The number of benzene rings is 2. The van der Waals surface area contributed by atoms with Crippen molar-refractivity contribution in [2.45, 2.75) is 26.8 Å². The average molecular weight is 383 g/mol. The van der Waals surface area contributed by atoms with Gasteiger partial charge in [0.2, 0.25) is 0 Å². The molecule has 2 rings (SSSR count). The van der Waals surface area contributed by atoms with Gasteiger partial charge in [0.05, 0.1) is 13.2 Å². The van der Waals surface area contributed by atoms with Gasteiger partial charge >= 0.3 is 12.0 Å². The monoisotopic (exact) mass is 383 g/mol. The van der Waals surface area contributed by atoms with Crippen LogP contribution in [0.2, 0.25) is 0 Å². The van der Waals surface area contributed by atoms with Crippen molar-refractivity contribution >= 4 is 23.6 Å². The maximum absolute atomic E-state index is 12.3. The van der Waals surface area contributed by atoms with Crippen LogP contribution in [0.15, 0.2) is 42.5 Å². The smallest absolute Gasteiger partial charge is 0.325 e. The number of anilines is 1. The molecule has 28 heavy (non-hydrogen) atoms. The zero-order valence-corrected chi connectivity index (χ0v) is 16.5. The third-order valence-electron chi connectivity index (χ3n) is 4.27. The molecule has 0 aliphatic heterocycles. The van der Waals surface area contributed by atoms with E-state index in [0.29, 0.717) is 11.3 Å². The van der Waals surface area contributed by atoms with Crippen LogP contribution in [0.5, 0.6) is 0 Å². The van der Waals surface area contributed by atoms with E-state index in [4.69, 9.17) is 0 Å². The quantitative estimate of drug-likeness (QED) is 0.668. The molecule has 3 amide bonds. The molecule has 0 saturated carbocycles. The lowest BCUT2D eigenvalue weighted by Crippen LogP contribution is -2.31. The van der Waals surface area contributed by atoms with E-state index < -0.39 is 11.9 Å². The van der Waals surface area contributed by atoms with Gasteiger partial charge in [0, 0.05) is 11.3 Å². The van der Waals surface area contributed by atoms with Crippen LogP contribution >= 0.6 is 0 Å². The molecule has 0 radical (unpaired) electrons. The second-order valence-corrected chi connectivity index (χ2v) is 6.52. The van der Waals surface area contributed by atoms with Gasteiger partial charge in [0.25, 0.3) is 5.91 Å². The largest absolute Gasteiger partial charge is 0.468 e. The van der Waals surface area contributed by atoms with Crippen molar-refractivity contribution in [3.05, 3.63) is 64.7 Å². The van der Waals surface area contributed by atoms with E-state index in [1.54, 1.807) is 24.3 Å². The molecule has 0 saturated heterocycles. The summed E-state index contributed by atoms with van der Waals surface area (Å²) >= 11 is 0. The molecule has 2 aromatic rings. The van der Waals surface area contributed by atoms with Crippen LogP contribution in [0.4, 0.5) is 10.5 Å². The van der Waals surface area contributed by atoms with Crippen molar-refractivity contribution in [2.75, 3.05) is 19.0 Å². The molecule has 3 N–H and O–H groups in total. The van der Waals surface area contributed by atoms with Crippen molar-refractivity contribution in [1.82, 2.24) is 10.6 Å². The molecule has 1 unspecified atom stereocenters. The predicted molar refractivity (Wildman–Crippen MR) is 107 cm³/mol. The number of rotatable bonds is 6. The van der Waals surface area contributed by atoms with Crippen molar-refractivity contribution in [3.63, 3.8) is 0 Å². The molecule has 1 atom stereocenters. The van der Waals surface area contributed by atoms with Gasteiger partial charge in [-0.25, -0.2) is 4.79 Å². The highest BCUT2D eigenvalue weighted by Crippen LogP contribution is 2.19. The van der Waals surface area contributed by atoms with Crippen LogP contribution in [0.3, 0.4) is 0 Å². The maximum atomic E-state index is 12.3. The topological polar surface area (TPSA) is 96.5 Å². The minimum Gasteiger partial charge on any atom is -0.468 e. The molecule has 0 aliphatic rings. The number of hydrogen-bond donors (Lipinski definition) is 3. The summed E-state index contributed by atoms with van der Waals surface area (Å²) in [6, 6.07) is 12.0. The van der Waals surface area contributed by atoms with Crippen LogP contribution in [0.25, 0.3) is 0 Å². The third kappa shape index (κ3) is 5.84. The van der Waals surface area contributed by atoms with Gasteiger partial charge in [-0.05, 0) is 56.2 Å². The Morgan fingerprint density at radius 2 is 1.71 bits per heavy atom. The average Bonchev–Trinajstić information content (AvgIpc) is 2.68. The lowest BCUT2D eigenvalue weighted by molar-refractivity contribution is -0.139. The maximum Gasteiger partial charge on any atom is 0.325 e. The van der Waals surface area contributed by atoms with Crippen LogP contribution in [0, 0.1) is 13.8 Å². The highest BCUT2D eigenvalue weighted by molar-refractivity contribution is 5.97. The first-order valence-corrected chi connectivity index (χ1v) is 8.90. The van der Waals surface area contributed by atoms with Gasteiger partial charge in [0.15, 0.2) is 0 Å². The SMILES string of the molecule is COC(=O)CNC(=O)c1ccc(NC(=O)NC(C)c2cc(C)ccc2C)cc1. The third-order valence-corrected chi connectivity index (χ3v) is 4.27. The van der Waals surface area contributed by atoms with Crippen molar-refractivity contribution in [3.8, 4) is 0 Å². The zero-order chi connectivity index (χ0) is 20.7. The fourth-order valence-electron chi connectivity index (χ4n) is 2.70. The fraction of sp³-hybridized carbons (Fsp3) is 0.286. The van der Waals surface area contributed by atoms with Crippen LogP contribution < -0.4 is 16.0 Å². The highest BCUT2D eigenvalue weighted by Gasteiger charge is 2.13. The summed E-state index contributed by atoms with van der Waals surface area (Å²) in [4.78, 5) is 35.3. The summed E-state index contributed by atoms with van der Waals surface area (Å²) in [5.41, 5.74) is 4.23. The lowest BCUT2D eigenvalue weighted by Gasteiger charge is -2.18. The Balaban J connectivity index is 1.92. The summed E-state index contributed by atoms with van der Waals surface area (Å²) in [6.45, 7) is 5.75. The van der Waals surface area contributed by atoms with Crippen molar-refractivity contribution in [1.29, 1.82) is 0 Å². The van der Waals surface area contributed by atoms with Gasteiger partial charge in [0.1, 0.15) is 6.54 Å². The molecule has 0 aliphatic carbocycles. The zero-order valence-electron chi connectivity index (χ0n) is 16.5. The molecule has 148 valence electrons. The number of carbonyl (C=O) groups is 3. The normalized spacial score (nSPS) is 11.3. The first-order chi connectivity index (χ1) is 13.3. The number of nitrogens with one attached hydrogen (secondary N) is 3.